The lowest BCUT2D eigenvalue weighted by Crippen LogP contribution is -2.50. The molecule has 94 valence electrons. The molecule has 2 atom stereocenters. The van der Waals surface area contributed by atoms with Crippen LogP contribution < -0.4 is 5.32 Å². The number of piperidine rings is 1. The Bertz CT molecular complexity index is 402. The van der Waals surface area contributed by atoms with Gasteiger partial charge in [0.1, 0.15) is 6.33 Å². The quantitative estimate of drug-likeness (QED) is 0.809. The molecule has 17 heavy (non-hydrogen) atoms. The standard InChI is InChI=1S/C11H19N5O/c1-8(10-14-13-7-15(10)3)16-6-4-5-9(12-2)11(16)17/h7-9,12H,4-6H2,1-3H3. The summed E-state index contributed by atoms with van der Waals surface area (Å²) >= 11 is 0. The fraction of sp³-hybridized carbons (Fsp3) is 0.727. The lowest BCUT2D eigenvalue weighted by molar-refractivity contribution is -0.138. The molecule has 0 saturated carbocycles. The van der Waals surface area contributed by atoms with Crippen molar-refractivity contribution in [2.24, 2.45) is 7.05 Å². The number of carbonyl (C=O) groups is 1. The van der Waals surface area contributed by atoms with E-state index in [1.54, 1.807) is 6.33 Å². The Labute approximate surface area is 101 Å². The van der Waals surface area contributed by atoms with Crippen molar-refractivity contribution < 1.29 is 4.79 Å². The van der Waals surface area contributed by atoms with Crippen LogP contribution in [0.4, 0.5) is 0 Å². The van der Waals surface area contributed by atoms with Gasteiger partial charge in [-0.05, 0) is 26.8 Å². The molecule has 1 saturated heterocycles. The van der Waals surface area contributed by atoms with Crippen LogP contribution >= 0.6 is 0 Å². The van der Waals surface area contributed by atoms with Gasteiger partial charge in [-0.15, -0.1) is 10.2 Å². The minimum atomic E-state index is -0.0561. The molecule has 0 aliphatic carbocycles. The number of amides is 1. The summed E-state index contributed by atoms with van der Waals surface area (Å²) in [6.45, 7) is 2.80. The van der Waals surface area contributed by atoms with Gasteiger partial charge in [0.15, 0.2) is 5.82 Å². The second-order valence-electron chi connectivity index (χ2n) is 4.49. The highest BCUT2D eigenvalue weighted by Gasteiger charge is 2.32. The molecule has 1 aromatic rings. The largest absolute Gasteiger partial charge is 0.331 e. The Balaban J connectivity index is 2.16. The number of aromatic nitrogens is 3. The third-order valence-corrected chi connectivity index (χ3v) is 3.41. The molecule has 1 amide bonds. The Morgan fingerprint density at radius 3 is 2.94 bits per heavy atom. The van der Waals surface area contributed by atoms with Crippen molar-refractivity contribution in [1.82, 2.24) is 25.0 Å². The van der Waals surface area contributed by atoms with E-state index >= 15 is 0 Å². The maximum absolute atomic E-state index is 12.2. The van der Waals surface area contributed by atoms with Crippen molar-refractivity contribution in [1.29, 1.82) is 0 Å². The summed E-state index contributed by atoms with van der Waals surface area (Å²) in [6, 6.07) is -0.0782. The number of likely N-dealkylation sites (N-methyl/N-ethyl adjacent to an activating group) is 1. The molecule has 2 unspecified atom stereocenters. The summed E-state index contributed by atoms with van der Waals surface area (Å²) in [5.74, 6) is 0.990. The zero-order valence-corrected chi connectivity index (χ0v) is 10.6. The molecule has 2 rings (SSSR count). The molecule has 1 aliphatic heterocycles. The number of hydrogen-bond acceptors (Lipinski definition) is 4. The van der Waals surface area contributed by atoms with E-state index in [4.69, 9.17) is 0 Å². The van der Waals surface area contributed by atoms with Crippen molar-refractivity contribution in [2.75, 3.05) is 13.6 Å². The summed E-state index contributed by atoms with van der Waals surface area (Å²) in [4.78, 5) is 14.1. The lowest BCUT2D eigenvalue weighted by atomic mass is 10.0. The molecule has 0 radical (unpaired) electrons. The molecule has 0 aromatic carbocycles. The first-order chi connectivity index (χ1) is 8.15. The van der Waals surface area contributed by atoms with E-state index in [-0.39, 0.29) is 18.0 Å². The predicted octanol–water partition coefficient (Wildman–Crippen LogP) is 0.0865. The van der Waals surface area contributed by atoms with Gasteiger partial charge in [0.2, 0.25) is 5.91 Å². The van der Waals surface area contributed by atoms with E-state index < -0.39 is 0 Å². The molecule has 6 nitrogen and oxygen atoms in total. The molecule has 1 aliphatic rings. The van der Waals surface area contributed by atoms with E-state index in [9.17, 15) is 4.79 Å². The average Bonchev–Trinajstić information content (AvgIpc) is 2.75. The maximum Gasteiger partial charge on any atom is 0.240 e. The van der Waals surface area contributed by atoms with Gasteiger partial charge >= 0.3 is 0 Å². The van der Waals surface area contributed by atoms with Crippen LogP contribution in [-0.2, 0) is 11.8 Å². The van der Waals surface area contributed by atoms with Crippen molar-refractivity contribution in [3.8, 4) is 0 Å². The molecular formula is C11H19N5O. The highest BCUT2D eigenvalue weighted by atomic mass is 16.2. The zero-order valence-electron chi connectivity index (χ0n) is 10.6. The normalized spacial score (nSPS) is 22.9. The first kappa shape index (κ1) is 12.0. The summed E-state index contributed by atoms with van der Waals surface area (Å²) < 4.78 is 1.86. The fourth-order valence-corrected chi connectivity index (χ4v) is 2.36. The topological polar surface area (TPSA) is 63.0 Å². The van der Waals surface area contributed by atoms with Crippen LogP contribution in [0.3, 0.4) is 0 Å². The van der Waals surface area contributed by atoms with Crippen LogP contribution in [0.15, 0.2) is 6.33 Å². The van der Waals surface area contributed by atoms with Gasteiger partial charge < -0.3 is 14.8 Å². The number of nitrogens with one attached hydrogen (secondary N) is 1. The summed E-state index contributed by atoms with van der Waals surface area (Å²) in [5, 5.41) is 11.0. The Morgan fingerprint density at radius 2 is 2.35 bits per heavy atom. The van der Waals surface area contributed by atoms with Crippen LogP contribution in [0.5, 0.6) is 0 Å². The van der Waals surface area contributed by atoms with Gasteiger partial charge in [-0.3, -0.25) is 4.79 Å². The minimum absolute atomic E-state index is 0.0221. The van der Waals surface area contributed by atoms with E-state index in [0.29, 0.717) is 0 Å². The molecule has 1 fully saturated rings. The van der Waals surface area contributed by atoms with Crippen LogP contribution in [0, 0.1) is 0 Å². The minimum Gasteiger partial charge on any atom is -0.331 e. The van der Waals surface area contributed by atoms with E-state index in [1.807, 2.05) is 30.5 Å². The van der Waals surface area contributed by atoms with Crippen LogP contribution in [-0.4, -0.2) is 45.2 Å². The summed E-state index contributed by atoms with van der Waals surface area (Å²) in [5.41, 5.74) is 0. The van der Waals surface area contributed by atoms with Crippen molar-refractivity contribution >= 4 is 5.91 Å². The van der Waals surface area contributed by atoms with Crippen LogP contribution in [0.1, 0.15) is 31.6 Å². The molecule has 1 aromatic heterocycles. The Morgan fingerprint density at radius 1 is 1.59 bits per heavy atom. The van der Waals surface area contributed by atoms with Gasteiger partial charge in [0, 0.05) is 13.6 Å². The Kier molecular flexibility index (Phi) is 3.42. The number of hydrogen-bond donors (Lipinski definition) is 1. The zero-order chi connectivity index (χ0) is 12.4. The van der Waals surface area contributed by atoms with Gasteiger partial charge in [-0.1, -0.05) is 0 Å². The average molecular weight is 237 g/mol. The Hall–Kier alpha value is -1.43. The van der Waals surface area contributed by atoms with Crippen molar-refractivity contribution in [3.63, 3.8) is 0 Å². The first-order valence-corrected chi connectivity index (χ1v) is 5.96. The number of likely N-dealkylation sites (tertiary alicyclic amines) is 1. The predicted molar refractivity (Wildman–Crippen MR) is 63.2 cm³/mol. The smallest absolute Gasteiger partial charge is 0.240 e. The molecule has 2 heterocycles. The van der Waals surface area contributed by atoms with Crippen LogP contribution in [0.2, 0.25) is 0 Å². The fourth-order valence-electron chi connectivity index (χ4n) is 2.36. The van der Waals surface area contributed by atoms with Gasteiger partial charge in [-0.2, -0.15) is 0 Å². The second kappa shape index (κ2) is 4.83. The molecule has 1 N–H and O–H groups in total. The molecule has 6 heteroatoms. The molecular weight excluding hydrogens is 218 g/mol. The first-order valence-electron chi connectivity index (χ1n) is 5.96. The third kappa shape index (κ3) is 2.17. The van der Waals surface area contributed by atoms with E-state index in [0.717, 1.165) is 25.2 Å². The summed E-state index contributed by atoms with van der Waals surface area (Å²) in [7, 11) is 3.73. The van der Waals surface area contributed by atoms with Gasteiger partial charge in [0.25, 0.3) is 0 Å². The lowest BCUT2D eigenvalue weighted by Gasteiger charge is -2.35. The highest BCUT2D eigenvalue weighted by molar-refractivity contribution is 5.82. The van der Waals surface area contributed by atoms with Crippen molar-refractivity contribution in [2.45, 2.75) is 31.8 Å². The van der Waals surface area contributed by atoms with Gasteiger partial charge in [0.05, 0.1) is 12.1 Å². The highest BCUT2D eigenvalue weighted by Crippen LogP contribution is 2.23. The third-order valence-electron chi connectivity index (χ3n) is 3.41. The van der Waals surface area contributed by atoms with E-state index in [1.165, 1.54) is 0 Å². The number of rotatable bonds is 3. The second-order valence-corrected chi connectivity index (χ2v) is 4.49. The summed E-state index contributed by atoms with van der Waals surface area (Å²) in [6.07, 6.45) is 3.60. The van der Waals surface area contributed by atoms with Crippen LogP contribution in [0.25, 0.3) is 0 Å². The van der Waals surface area contributed by atoms with Crippen molar-refractivity contribution in [3.05, 3.63) is 12.2 Å². The SMILES string of the molecule is CNC1CCCN(C(C)c2nncn2C)C1=O. The van der Waals surface area contributed by atoms with E-state index in [2.05, 4.69) is 15.5 Å². The van der Waals surface area contributed by atoms with Gasteiger partial charge in [-0.25, -0.2) is 0 Å². The monoisotopic (exact) mass is 237 g/mol. The number of nitrogens with zero attached hydrogens (tertiary/aromatic N) is 4. The maximum atomic E-state index is 12.2. The number of aryl methyl sites for hydroxylation is 1. The molecule has 0 spiro atoms. The number of carbonyl (C=O) groups excluding carboxylic acids is 1. The molecule has 0 bridgehead atoms.